The van der Waals surface area contributed by atoms with Crippen LogP contribution >= 0.6 is 11.8 Å². The van der Waals surface area contributed by atoms with Crippen molar-refractivity contribution in [2.24, 2.45) is 0 Å². The zero-order valence-corrected chi connectivity index (χ0v) is 10.1. The maximum Gasteiger partial charge on any atom is 0.327 e. The van der Waals surface area contributed by atoms with Crippen molar-refractivity contribution in [2.45, 2.75) is 12.5 Å². The summed E-state index contributed by atoms with van der Waals surface area (Å²) in [6.45, 7) is -0.414. The van der Waals surface area contributed by atoms with Gasteiger partial charge in [-0.2, -0.15) is 11.8 Å². The Balaban J connectivity index is 2.67. The number of halogens is 2. The molecule has 17 heavy (non-hydrogen) atoms. The van der Waals surface area contributed by atoms with Crippen LogP contribution < -0.4 is 0 Å². The first-order valence-electron chi connectivity index (χ1n) is 5.04. The van der Waals surface area contributed by atoms with Gasteiger partial charge in [-0.25, -0.2) is 18.4 Å². The van der Waals surface area contributed by atoms with Crippen LogP contribution in [0.5, 0.6) is 0 Å². The van der Waals surface area contributed by atoms with Crippen LogP contribution in [0, 0.1) is 0 Å². The van der Waals surface area contributed by atoms with Gasteiger partial charge in [-0.05, 0) is 0 Å². The van der Waals surface area contributed by atoms with Crippen LogP contribution in [-0.4, -0.2) is 71.0 Å². The number of hydrogen-bond acceptors (Lipinski definition) is 3. The van der Waals surface area contributed by atoms with E-state index >= 15 is 0 Å². The third kappa shape index (κ3) is 3.72. The largest absolute Gasteiger partial charge is 0.480 e. The lowest BCUT2D eigenvalue weighted by atomic mass is 10.3. The van der Waals surface area contributed by atoms with Crippen LogP contribution in [0.4, 0.5) is 13.6 Å². The van der Waals surface area contributed by atoms with Crippen LogP contribution in [0.15, 0.2) is 0 Å². The maximum atomic E-state index is 12.1. The fraction of sp³-hybridized carbons (Fsp3) is 0.778. The minimum absolute atomic E-state index is 0.272. The Kier molecular flexibility index (Phi) is 4.98. The monoisotopic (exact) mass is 268 g/mol. The molecular weight excluding hydrogens is 254 g/mol. The molecule has 0 spiro atoms. The number of thioether (sulfide) groups is 1. The minimum atomic E-state index is -2.62. The summed E-state index contributed by atoms with van der Waals surface area (Å²) in [7, 11) is 1.25. The van der Waals surface area contributed by atoms with Crippen LogP contribution in [-0.2, 0) is 4.79 Å². The molecule has 0 aliphatic carbocycles. The highest BCUT2D eigenvalue weighted by Gasteiger charge is 2.34. The topological polar surface area (TPSA) is 60.9 Å². The second-order valence-electron chi connectivity index (χ2n) is 3.68. The summed E-state index contributed by atoms with van der Waals surface area (Å²) in [6.07, 6.45) is -2.62. The third-order valence-corrected chi connectivity index (χ3v) is 3.42. The molecule has 2 amide bonds. The van der Waals surface area contributed by atoms with E-state index in [2.05, 4.69) is 0 Å². The van der Waals surface area contributed by atoms with Crippen molar-refractivity contribution in [3.63, 3.8) is 0 Å². The molecule has 0 bridgehead atoms. The number of aliphatic carboxylic acids is 1. The highest BCUT2D eigenvalue weighted by Crippen LogP contribution is 2.18. The van der Waals surface area contributed by atoms with Crippen molar-refractivity contribution in [1.29, 1.82) is 0 Å². The highest BCUT2D eigenvalue weighted by molar-refractivity contribution is 7.99. The average Bonchev–Trinajstić information content (AvgIpc) is 2.27. The zero-order chi connectivity index (χ0) is 13.0. The summed E-state index contributed by atoms with van der Waals surface area (Å²) >= 11 is 1.44. The molecule has 0 saturated carbocycles. The Labute approximate surface area is 102 Å². The molecule has 1 atom stereocenters. The van der Waals surface area contributed by atoms with Gasteiger partial charge < -0.3 is 14.9 Å². The molecule has 0 aromatic heterocycles. The van der Waals surface area contributed by atoms with Crippen molar-refractivity contribution < 1.29 is 23.5 Å². The predicted molar refractivity (Wildman–Crippen MR) is 59.5 cm³/mol. The van der Waals surface area contributed by atoms with Crippen LogP contribution in [0.3, 0.4) is 0 Å². The van der Waals surface area contributed by atoms with Gasteiger partial charge in [-0.15, -0.1) is 0 Å². The molecular formula is C9H14F2N2O3S. The Bertz CT molecular complexity index is 304. The standard InChI is InChI=1S/C9H14F2N2O3S/c1-12(4-7(10)11)9(16)13-2-3-17-5-6(13)8(14)15/h6-7H,2-5H2,1H3,(H,14,15). The van der Waals surface area contributed by atoms with E-state index in [0.717, 1.165) is 9.80 Å². The number of alkyl halides is 2. The van der Waals surface area contributed by atoms with Gasteiger partial charge in [0.05, 0.1) is 6.54 Å². The Morgan fingerprint density at radius 1 is 1.59 bits per heavy atom. The molecule has 1 N–H and O–H groups in total. The van der Waals surface area contributed by atoms with E-state index in [9.17, 15) is 18.4 Å². The Morgan fingerprint density at radius 3 is 2.76 bits per heavy atom. The van der Waals surface area contributed by atoms with E-state index in [-0.39, 0.29) is 6.54 Å². The third-order valence-electron chi connectivity index (χ3n) is 2.40. The van der Waals surface area contributed by atoms with Gasteiger partial charge >= 0.3 is 12.0 Å². The summed E-state index contributed by atoms with van der Waals surface area (Å²) in [5.74, 6) is -0.183. The van der Waals surface area contributed by atoms with Gasteiger partial charge in [-0.1, -0.05) is 0 Å². The second-order valence-corrected chi connectivity index (χ2v) is 4.83. The molecule has 0 radical (unpaired) electrons. The van der Waals surface area contributed by atoms with Gasteiger partial charge in [0.25, 0.3) is 6.43 Å². The van der Waals surface area contributed by atoms with Gasteiger partial charge in [0.15, 0.2) is 0 Å². The summed E-state index contributed by atoms with van der Waals surface area (Å²) in [5, 5.41) is 8.95. The lowest BCUT2D eigenvalue weighted by molar-refractivity contribution is -0.141. The minimum Gasteiger partial charge on any atom is -0.480 e. The summed E-state index contributed by atoms with van der Waals surface area (Å²) < 4.78 is 24.3. The number of carboxylic acids is 1. The van der Waals surface area contributed by atoms with Crippen molar-refractivity contribution in [1.82, 2.24) is 9.80 Å². The smallest absolute Gasteiger partial charge is 0.327 e. The van der Waals surface area contributed by atoms with Crippen LogP contribution in [0.2, 0.25) is 0 Å². The van der Waals surface area contributed by atoms with E-state index in [0.29, 0.717) is 11.5 Å². The fourth-order valence-corrected chi connectivity index (χ4v) is 2.58. The summed E-state index contributed by atoms with van der Waals surface area (Å²) in [6, 6.07) is -1.58. The maximum absolute atomic E-state index is 12.1. The fourth-order valence-electron chi connectivity index (χ4n) is 1.54. The van der Waals surface area contributed by atoms with E-state index in [1.54, 1.807) is 0 Å². The Hall–Kier alpha value is -1.05. The molecule has 1 unspecified atom stereocenters. The van der Waals surface area contributed by atoms with Crippen molar-refractivity contribution in [3.8, 4) is 0 Å². The number of urea groups is 1. The van der Waals surface area contributed by atoms with Gasteiger partial charge in [0.1, 0.15) is 6.04 Å². The van der Waals surface area contributed by atoms with E-state index in [1.165, 1.54) is 18.8 Å². The van der Waals surface area contributed by atoms with Gasteiger partial charge in [0, 0.05) is 25.1 Å². The molecule has 1 aliphatic heterocycles. The van der Waals surface area contributed by atoms with Crippen molar-refractivity contribution >= 4 is 23.8 Å². The number of carbonyl (C=O) groups is 2. The first-order chi connectivity index (χ1) is 7.93. The van der Waals surface area contributed by atoms with E-state index < -0.39 is 31.0 Å². The van der Waals surface area contributed by atoms with E-state index in [4.69, 9.17) is 5.11 Å². The quantitative estimate of drug-likeness (QED) is 0.822. The number of hydrogen-bond donors (Lipinski definition) is 1. The molecule has 98 valence electrons. The summed E-state index contributed by atoms with van der Waals surface area (Å²) in [5.41, 5.74) is 0. The van der Waals surface area contributed by atoms with Crippen LogP contribution in [0.1, 0.15) is 0 Å². The average molecular weight is 268 g/mol. The lowest BCUT2D eigenvalue weighted by Crippen LogP contribution is -2.54. The molecule has 1 aliphatic rings. The normalized spacial score (nSPS) is 20.5. The second kappa shape index (κ2) is 6.04. The number of carbonyl (C=O) groups excluding carboxylic acids is 1. The van der Waals surface area contributed by atoms with E-state index in [1.807, 2.05) is 0 Å². The van der Waals surface area contributed by atoms with Crippen molar-refractivity contribution in [3.05, 3.63) is 0 Å². The molecule has 0 aromatic rings. The molecule has 8 heteroatoms. The zero-order valence-electron chi connectivity index (χ0n) is 9.31. The molecule has 0 aromatic carbocycles. The molecule has 1 rings (SSSR count). The predicted octanol–water partition coefficient (Wildman–Crippen LogP) is 0.805. The first-order valence-corrected chi connectivity index (χ1v) is 6.19. The molecule has 1 fully saturated rings. The number of carboxylic acid groups (broad SMARTS) is 1. The van der Waals surface area contributed by atoms with Crippen LogP contribution in [0.25, 0.3) is 0 Å². The highest BCUT2D eigenvalue weighted by atomic mass is 32.2. The van der Waals surface area contributed by atoms with Crippen molar-refractivity contribution in [2.75, 3.05) is 31.6 Å². The molecule has 1 heterocycles. The molecule has 1 saturated heterocycles. The number of rotatable bonds is 3. The Morgan fingerprint density at radius 2 is 2.24 bits per heavy atom. The molecule has 5 nitrogen and oxygen atoms in total. The number of nitrogens with zero attached hydrogens (tertiary/aromatic N) is 2. The number of amides is 2. The lowest BCUT2D eigenvalue weighted by Gasteiger charge is -2.35. The van der Waals surface area contributed by atoms with Gasteiger partial charge in [0.2, 0.25) is 0 Å². The SMILES string of the molecule is CN(CC(F)F)C(=O)N1CCSCC1C(=O)O. The van der Waals surface area contributed by atoms with Gasteiger partial charge in [-0.3, -0.25) is 0 Å². The first kappa shape index (κ1) is 14.0. The summed E-state index contributed by atoms with van der Waals surface area (Å²) in [4.78, 5) is 24.7.